The number of aromatic nitrogens is 2. The molecule has 324 valence electrons. The largest absolute Gasteiger partial charge is 0.480 e. The summed E-state index contributed by atoms with van der Waals surface area (Å²) in [5.41, 5.74) is 9.75. The molecule has 0 radical (unpaired) electrons. The summed E-state index contributed by atoms with van der Waals surface area (Å²) < 4.78 is 88.6. The summed E-state index contributed by atoms with van der Waals surface area (Å²) in [6.07, 6.45) is -6.21. The lowest BCUT2D eigenvalue weighted by molar-refractivity contribution is -0.142. The number of hydrogen-bond donors (Lipinski definition) is 7. The predicted octanol–water partition coefficient (Wildman–Crippen LogP) is -0.155. The third kappa shape index (κ3) is 13.5. The average molecular weight is 888 g/mol. The fourth-order valence-electron chi connectivity index (χ4n) is 5.32. The van der Waals surface area contributed by atoms with E-state index >= 15 is 8.78 Å². The van der Waals surface area contributed by atoms with Gasteiger partial charge in [0, 0.05) is 25.0 Å². The number of carbonyl (C=O) groups is 4. The molecule has 21 nitrogen and oxygen atoms in total. The van der Waals surface area contributed by atoms with Crippen LogP contribution in [0.5, 0.6) is 0 Å². The lowest BCUT2D eigenvalue weighted by Gasteiger charge is -2.28. The average Bonchev–Trinajstić information content (AvgIpc) is 3.38. The molecule has 2 heterocycles. The number of rotatable bonds is 24. The molecule has 2 amide bonds. The number of sulfone groups is 1. The summed E-state index contributed by atoms with van der Waals surface area (Å²) in [6, 6.07) is 3.26. The number of nitrogens with zero attached hydrogens (tertiary/aromatic N) is 3. The minimum atomic E-state index is -4.61. The van der Waals surface area contributed by atoms with E-state index in [9.17, 15) is 47.2 Å². The van der Waals surface area contributed by atoms with Gasteiger partial charge in [0.15, 0.2) is 22.0 Å². The molecule has 0 aliphatic carbocycles. The monoisotopic (exact) mass is 887 g/mol. The number of amides is 2. The van der Waals surface area contributed by atoms with E-state index < -0.39 is 127 Å². The van der Waals surface area contributed by atoms with Crippen LogP contribution in [-0.2, 0) is 47.4 Å². The van der Waals surface area contributed by atoms with E-state index in [0.29, 0.717) is 17.4 Å². The van der Waals surface area contributed by atoms with Gasteiger partial charge in [-0.2, -0.15) is 13.8 Å². The van der Waals surface area contributed by atoms with Crippen LogP contribution in [0.4, 0.5) is 14.6 Å². The molecule has 1 saturated heterocycles. The number of halogens is 3. The first-order valence-corrected chi connectivity index (χ1v) is 21.3. The molecule has 0 bridgehead atoms. The minimum absolute atomic E-state index is 0.0257. The topological polar surface area (TPSA) is 322 Å². The maximum atomic E-state index is 15.1. The second kappa shape index (κ2) is 21.2. The Kier molecular flexibility index (Phi) is 17.7. The number of nitrogens with one attached hydrogen (secondary N) is 2. The standard InChI is InChI=1S/C32H45ClF2N7O14PS/c1-41(13-6-5-12-33)57(51,55-17-22-26(44)32(34,35)30(56-22)42-14-11-23(37)39-31(42)50)54-15-16-58(52,53)18-21(38-24(43)10-9-20(36)28(46)47)27(45)40-25(29(48)49)19-7-3-2-4-8-19/h2-4,7-8,11,14,20-22,25-26,30,44H,5-6,9-10,12-13,15-18,36H2,1H3,(H,38,43)(H,40,45)(H,46,47)(H,48,49)(H2,37,39,50). The molecule has 2 aromatic rings. The number of hydrogen-bond acceptors (Lipinski definition) is 15. The first-order valence-electron chi connectivity index (χ1n) is 17.4. The van der Waals surface area contributed by atoms with Crippen LogP contribution in [0.3, 0.4) is 0 Å². The van der Waals surface area contributed by atoms with Crippen molar-refractivity contribution in [3.63, 3.8) is 0 Å². The maximum absolute atomic E-state index is 15.1. The second-order valence-corrected chi connectivity index (χ2v) is 17.7. The van der Waals surface area contributed by atoms with E-state index in [1.807, 2.05) is 0 Å². The lowest BCUT2D eigenvalue weighted by Crippen LogP contribution is -2.52. The predicted molar refractivity (Wildman–Crippen MR) is 200 cm³/mol. The van der Waals surface area contributed by atoms with Crippen molar-refractivity contribution in [1.82, 2.24) is 24.9 Å². The van der Waals surface area contributed by atoms with Crippen LogP contribution in [0.2, 0.25) is 0 Å². The fourth-order valence-corrected chi connectivity index (χ4v) is 8.39. The molecule has 7 unspecified atom stereocenters. The Morgan fingerprint density at radius 3 is 2.40 bits per heavy atom. The summed E-state index contributed by atoms with van der Waals surface area (Å²) in [6.45, 7) is -1.95. The van der Waals surface area contributed by atoms with Crippen LogP contribution in [-0.4, -0.2) is 136 Å². The Morgan fingerprint density at radius 2 is 1.79 bits per heavy atom. The zero-order valence-electron chi connectivity index (χ0n) is 30.9. The zero-order chi connectivity index (χ0) is 43.4. The van der Waals surface area contributed by atoms with Gasteiger partial charge in [0.2, 0.25) is 18.0 Å². The summed E-state index contributed by atoms with van der Waals surface area (Å²) in [5, 5.41) is 33.6. The van der Waals surface area contributed by atoms with E-state index in [2.05, 4.69) is 15.6 Å². The number of nitrogens with two attached hydrogens (primary N) is 2. The van der Waals surface area contributed by atoms with Crippen molar-refractivity contribution in [3.8, 4) is 0 Å². The molecule has 1 aliphatic heterocycles. The molecule has 1 aromatic carbocycles. The maximum Gasteiger partial charge on any atom is 0.408 e. The first-order chi connectivity index (χ1) is 27.1. The summed E-state index contributed by atoms with van der Waals surface area (Å²) >= 11 is 5.74. The molecule has 7 atom stereocenters. The summed E-state index contributed by atoms with van der Waals surface area (Å²) in [5.74, 6) is -11.5. The Balaban J connectivity index is 1.78. The van der Waals surface area contributed by atoms with Crippen LogP contribution in [0.25, 0.3) is 0 Å². The van der Waals surface area contributed by atoms with Crippen molar-refractivity contribution in [2.24, 2.45) is 5.73 Å². The van der Waals surface area contributed by atoms with Gasteiger partial charge in [-0.25, -0.2) is 27.2 Å². The smallest absolute Gasteiger partial charge is 0.408 e. The molecule has 9 N–H and O–H groups in total. The van der Waals surface area contributed by atoms with E-state index in [1.54, 1.807) is 6.07 Å². The van der Waals surface area contributed by atoms with Crippen LogP contribution in [0.1, 0.15) is 43.5 Å². The van der Waals surface area contributed by atoms with Crippen LogP contribution in [0.15, 0.2) is 47.4 Å². The number of nitrogen functional groups attached to an aromatic ring is 1. The van der Waals surface area contributed by atoms with Crippen molar-refractivity contribution < 1.29 is 70.0 Å². The van der Waals surface area contributed by atoms with Crippen molar-refractivity contribution in [1.29, 1.82) is 0 Å². The lowest BCUT2D eigenvalue weighted by atomic mass is 10.1. The van der Waals surface area contributed by atoms with Crippen molar-refractivity contribution in [2.45, 2.75) is 68.2 Å². The zero-order valence-corrected chi connectivity index (χ0v) is 33.4. The van der Waals surface area contributed by atoms with Gasteiger partial charge >= 0.3 is 31.3 Å². The number of unbranched alkanes of at least 4 members (excludes halogenated alkanes) is 1. The number of aliphatic carboxylic acids is 2. The van der Waals surface area contributed by atoms with Gasteiger partial charge in [-0.3, -0.25) is 28.0 Å². The highest BCUT2D eigenvalue weighted by atomic mass is 35.5. The number of carboxylic acids is 2. The molecule has 1 fully saturated rings. The third-order valence-electron chi connectivity index (χ3n) is 8.56. The second-order valence-electron chi connectivity index (χ2n) is 13.0. The van der Waals surface area contributed by atoms with Crippen LogP contribution >= 0.6 is 19.3 Å². The van der Waals surface area contributed by atoms with Crippen molar-refractivity contribution in [3.05, 3.63) is 58.6 Å². The van der Waals surface area contributed by atoms with E-state index in [-0.39, 0.29) is 23.8 Å². The molecule has 3 rings (SSSR count). The Morgan fingerprint density at radius 1 is 1.12 bits per heavy atom. The molecule has 0 saturated carbocycles. The molecular weight excluding hydrogens is 843 g/mol. The van der Waals surface area contributed by atoms with Gasteiger partial charge in [0.05, 0.1) is 24.7 Å². The fraction of sp³-hybridized carbons (Fsp3) is 0.562. The Labute approximate surface area is 335 Å². The highest BCUT2D eigenvalue weighted by Gasteiger charge is 2.60. The number of alkyl halides is 3. The quantitative estimate of drug-likeness (QED) is 0.0409. The number of carboxylic acid groups (broad SMARTS) is 2. The van der Waals surface area contributed by atoms with Gasteiger partial charge < -0.3 is 42.2 Å². The molecule has 1 aromatic heterocycles. The SMILES string of the molecule is CN(CCCCCl)P(=O)(OCCS(=O)(=O)CC(NC(=O)CCC(N)C(=O)O)C(=O)NC(C(=O)O)c1ccccc1)OCC1OC(n2ccc(N)nc2=O)C(F)(F)C1O. The van der Waals surface area contributed by atoms with E-state index in [4.69, 9.17) is 42.0 Å². The number of benzene rings is 1. The van der Waals surface area contributed by atoms with Gasteiger partial charge in [0.1, 0.15) is 24.0 Å². The Hall–Kier alpha value is -4.13. The summed E-state index contributed by atoms with van der Waals surface area (Å²) in [7, 11) is -7.86. The van der Waals surface area contributed by atoms with Crippen molar-refractivity contribution >= 4 is 58.8 Å². The van der Waals surface area contributed by atoms with Gasteiger partial charge in [-0.15, -0.1) is 11.6 Å². The van der Waals surface area contributed by atoms with Gasteiger partial charge in [-0.1, -0.05) is 30.3 Å². The number of aliphatic hydroxyl groups excluding tert-OH is 1. The normalized spacial score (nSPS) is 20.4. The number of anilines is 1. The van der Waals surface area contributed by atoms with Gasteiger partial charge in [0.25, 0.3) is 0 Å². The van der Waals surface area contributed by atoms with Crippen LogP contribution < -0.4 is 27.8 Å². The highest BCUT2D eigenvalue weighted by molar-refractivity contribution is 7.91. The number of ether oxygens (including phenoxy) is 1. The summed E-state index contributed by atoms with van der Waals surface area (Å²) in [4.78, 5) is 64.8. The number of carbonyl (C=O) groups excluding carboxylic acids is 2. The first kappa shape index (κ1) is 48.2. The minimum Gasteiger partial charge on any atom is -0.480 e. The molecule has 58 heavy (non-hydrogen) atoms. The Bertz CT molecular complexity index is 1970. The molecule has 0 spiro atoms. The van der Waals surface area contributed by atoms with E-state index in [1.165, 1.54) is 31.3 Å². The molecular formula is C32H45ClF2N7O14PS. The van der Waals surface area contributed by atoms with Crippen LogP contribution in [0, 0.1) is 0 Å². The molecule has 26 heteroatoms. The molecule has 1 aliphatic rings. The van der Waals surface area contributed by atoms with Gasteiger partial charge in [-0.05, 0) is 37.9 Å². The van der Waals surface area contributed by atoms with Crippen molar-refractivity contribution in [2.75, 3.05) is 49.9 Å². The number of aliphatic hydroxyl groups is 1. The third-order valence-corrected chi connectivity index (χ3v) is 12.5. The van der Waals surface area contributed by atoms with E-state index in [0.717, 1.165) is 16.9 Å². The highest BCUT2D eigenvalue weighted by Crippen LogP contribution is 2.52.